The monoisotopic (exact) mass is 406 g/mol. The predicted octanol–water partition coefficient (Wildman–Crippen LogP) is 3.71. The minimum absolute atomic E-state index is 0.226. The van der Waals surface area contributed by atoms with Crippen molar-refractivity contribution in [3.8, 4) is 0 Å². The number of rotatable bonds is 4. The predicted molar refractivity (Wildman–Crippen MR) is 96.9 cm³/mol. The van der Waals surface area contributed by atoms with E-state index < -0.39 is 0 Å². The van der Waals surface area contributed by atoms with Gasteiger partial charge in [0, 0.05) is 28.4 Å². The number of ether oxygens (including phenoxy) is 1. The Morgan fingerprint density at radius 3 is 2.50 bits per heavy atom. The molecule has 0 radical (unpaired) electrons. The molecule has 2 N–H and O–H groups in total. The zero-order valence-corrected chi connectivity index (χ0v) is 14.4. The maximum absolute atomic E-state index is 6.04. The van der Waals surface area contributed by atoms with Crippen LogP contribution in [0.1, 0.15) is 23.7 Å². The number of hydrogen-bond donors (Lipinski definition) is 2. The summed E-state index contributed by atoms with van der Waals surface area (Å²) in [7, 11) is 0. The van der Waals surface area contributed by atoms with Crippen molar-refractivity contribution in [1.29, 1.82) is 0 Å². The molecule has 2 heterocycles. The second-order valence-electron chi connectivity index (χ2n) is 6.03. The summed E-state index contributed by atoms with van der Waals surface area (Å²) in [6.07, 6.45) is 1.79. The molecule has 22 heavy (non-hydrogen) atoms. The Morgan fingerprint density at radius 1 is 1.09 bits per heavy atom. The Morgan fingerprint density at radius 2 is 1.86 bits per heavy atom. The smallest absolute Gasteiger partial charge is 0.0983 e. The highest BCUT2D eigenvalue weighted by Gasteiger charge is 2.41. The molecule has 0 unspecified atom stereocenters. The number of morpholine rings is 1. The maximum atomic E-state index is 6.04. The molecule has 2 aromatic rings. The number of halogens is 1. The lowest BCUT2D eigenvalue weighted by Gasteiger charge is -2.23. The lowest BCUT2D eigenvalue weighted by molar-refractivity contribution is 0.0160. The SMILES string of the molecule is Ic1ccc(CNc2ccc([C@H]3O[C@@H]4CN[C@H]3C4)cc2)cc1. The minimum atomic E-state index is 0.226. The molecule has 2 bridgehead atoms. The summed E-state index contributed by atoms with van der Waals surface area (Å²) in [5, 5.41) is 7.00. The highest BCUT2D eigenvalue weighted by molar-refractivity contribution is 14.1. The van der Waals surface area contributed by atoms with Crippen molar-refractivity contribution in [2.45, 2.75) is 31.2 Å². The van der Waals surface area contributed by atoms with Crippen LogP contribution in [-0.2, 0) is 11.3 Å². The van der Waals surface area contributed by atoms with Crippen LogP contribution in [0.15, 0.2) is 48.5 Å². The van der Waals surface area contributed by atoms with Crippen LogP contribution in [-0.4, -0.2) is 18.7 Å². The van der Waals surface area contributed by atoms with Crippen LogP contribution in [0.3, 0.4) is 0 Å². The first-order valence-corrected chi connectivity index (χ1v) is 8.83. The summed E-state index contributed by atoms with van der Waals surface area (Å²) in [5.41, 5.74) is 3.73. The summed E-state index contributed by atoms with van der Waals surface area (Å²) < 4.78 is 7.31. The van der Waals surface area contributed by atoms with E-state index in [2.05, 4.69) is 81.8 Å². The van der Waals surface area contributed by atoms with Gasteiger partial charge in [-0.1, -0.05) is 24.3 Å². The Hall–Kier alpha value is -1.11. The average Bonchev–Trinajstić information content (AvgIpc) is 3.18. The van der Waals surface area contributed by atoms with Crippen LogP contribution < -0.4 is 10.6 Å². The van der Waals surface area contributed by atoms with Gasteiger partial charge in [0.05, 0.1) is 12.2 Å². The molecule has 2 aliphatic heterocycles. The third-order valence-electron chi connectivity index (χ3n) is 4.48. The molecule has 0 aliphatic carbocycles. The number of hydrogen-bond acceptors (Lipinski definition) is 3. The second-order valence-corrected chi connectivity index (χ2v) is 7.28. The Kier molecular flexibility index (Phi) is 4.07. The third-order valence-corrected chi connectivity index (χ3v) is 5.20. The van der Waals surface area contributed by atoms with E-state index in [1.54, 1.807) is 0 Å². The number of benzene rings is 2. The largest absolute Gasteiger partial charge is 0.381 e. The third kappa shape index (κ3) is 3.00. The van der Waals surface area contributed by atoms with Crippen LogP contribution in [0.2, 0.25) is 0 Å². The summed E-state index contributed by atoms with van der Waals surface area (Å²) >= 11 is 2.33. The number of fused-ring (bicyclic) bond motifs is 2. The van der Waals surface area contributed by atoms with Crippen LogP contribution >= 0.6 is 22.6 Å². The fourth-order valence-corrected chi connectivity index (χ4v) is 3.64. The molecule has 0 aromatic heterocycles. The van der Waals surface area contributed by atoms with Crippen molar-refractivity contribution < 1.29 is 4.74 Å². The normalized spacial score (nSPS) is 26.3. The van der Waals surface area contributed by atoms with Crippen LogP contribution in [0.4, 0.5) is 5.69 Å². The van der Waals surface area contributed by atoms with Crippen molar-refractivity contribution in [3.63, 3.8) is 0 Å². The van der Waals surface area contributed by atoms with E-state index >= 15 is 0 Å². The van der Waals surface area contributed by atoms with Gasteiger partial charge < -0.3 is 15.4 Å². The van der Waals surface area contributed by atoms with Gasteiger partial charge in [0.25, 0.3) is 0 Å². The molecule has 2 aliphatic rings. The first-order valence-electron chi connectivity index (χ1n) is 7.75. The number of nitrogens with one attached hydrogen (secondary N) is 2. The van der Waals surface area contributed by atoms with Crippen molar-refractivity contribution >= 4 is 28.3 Å². The first kappa shape index (κ1) is 14.5. The van der Waals surface area contributed by atoms with Gasteiger partial charge in [-0.05, 0) is 64.4 Å². The molecule has 2 aromatic carbocycles. The minimum Gasteiger partial charge on any atom is -0.381 e. The summed E-state index contributed by atoms with van der Waals surface area (Å²) in [6, 6.07) is 17.8. The maximum Gasteiger partial charge on any atom is 0.0983 e. The molecule has 0 saturated carbocycles. The van der Waals surface area contributed by atoms with Crippen LogP contribution in [0, 0.1) is 3.57 Å². The lowest BCUT2D eigenvalue weighted by atomic mass is 10.0. The van der Waals surface area contributed by atoms with E-state index in [4.69, 9.17) is 4.74 Å². The van der Waals surface area contributed by atoms with E-state index in [-0.39, 0.29) is 6.10 Å². The molecule has 114 valence electrons. The molecule has 4 heteroatoms. The topological polar surface area (TPSA) is 33.3 Å². The summed E-state index contributed by atoms with van der Waals surface area (Å²) in [4.78, 5) is 0. The zero-order chi connectivity index (χ0) is 14.9. The second kappa shape index (κ2) is 6.18. The van der Waals surface area contributed by atoms with Gasteiger partial charge in [0.15, 0.2) is 0 Å². The highest BCUT2D eigenvalue weighted by Crippen LogP contribution is 2.37. The van der Waals surface area contributed by atoms with E-state index in [1.165, 1.54) is 14.7 Å². The van der Waals surface area contributed by atoms with E-state index in [1.807, 2.05) is 0 Å². The van der Waals surface area contributed by atoms with Crippen molar-refractivity contribution in [2.75, 3.05) is 11.9 Å². The fourth-order valence-electron chi connectivity index (χ4n) is 3.28. The Bertz CT molecular complexity index is 641. The summed E-state index contributed by atoms with van der Waals surface area (Å²) in [6.45, 7) is 1.86. The molecular formula is C18H19IN2O. The molecule has 2 saturated heterocycles. The van der Waals surface area contributed by atoms with Gasteiger partial charge in [0.1, 0.15) is 0 Å². The summed E-state index contributed by atoms with van der Waals surface area (Å²) in [5.74, 6) is 0. The van der Waals surface area contributed by atoms with Crippen molar-refractivity contribution in [2.24, 2.45) is 0 Å². The average molecular weight is 406 g/mol. The molecule has 0 spiro atoms. The van der Waals surface area contributed by atoms with Crippen LogP contribution in [0.25, 0.3) is 0 Å². The van der Waals surface area contributed by atoms with Gasteiger partial charge in [-0.15, -0.1) is 0 Å². The van der Waals surface area contributed by atoms with Gasteiger partial charge in [-0.25, -0.2) is 0 Å². The number of anilines is 1. The molecule has 0 amide bonds. The quantitative estimate of drug-likeness (QED) is 0.760. The Balaban J connectivity index is 1.38. The van der Waals surface area contributed by atoms with Gasteiger partial charge in [0.2, 0.25) is 0 Å². The lowest BCUT2D eigenvalue weighted by Crippen LogP contribution is -2.33. The van der Waals surface area contributed by atoms with Gasteiger partial charge >= 0.3 is 0 Å². The van der Waals surface area contributed by atoms with Crippen LogP contribution in [0.5, 0.6) is 0 Å². The molecule has 3 nitrogen and oxygen atoms in total. The highest BCUT2D eigenvalue weighted by atomic mass is 127. The van der Waals surface area contributed by atoms with E-state index in [0.717, 1.165) is 25.2 Å². The zero-order valence-electron chi connectivity index (χ0n) is 12.3. The molecule has 2 fully saturated rings. The van der Waals surface area contributed by atoms with Gasteiger partial charge in [-0.2, -0.15) is 0 Å². The fraction of sp³-hybridized carbons (Fsp3) is 0.333. The molecular weight excluding hydrogens is 387 g/mol. The Labute approximate surface area is 144 Å². The van der Waals surface area contributed by atoms with E-state index in [9.17, 15) is 0 Å². The van der Waals surface area contributed by atoms with Crippen molar-refractivity contribution in [1.82, 2.24) is 5.32 Å². The molecule has 4 rings (SSSR count). The van der Waals surface area contributed by atoms with Crippen molar-refractivity contribution in [3.05, 3.63) is 63.2 Å². The van der Waals surface area contributed by atoms with Gasteiger partial charge in [-0.3, -0.25) is 0 Å². The first-order chi connectivity index (χ1) is 10.8. The molecule has 3 atom stereocenters. The standard InChI is InChI=1S/C18H19IN2O/c19-14-5-1-12(2-6-14)10-20-15-7-3-13(4-8-15)18-17-9-16(22-18)11-21-17/h1-8,16-18,20-21H,9-11H2/t16-,17-,18+/m0/s1. The van der Waals surface area contributed by atoms with E-state index in [0.29, 0.717) is 12.1 Å².